The van der Waals surface area contributed by atoms with Crippen molar-refractivity contribution in [3.05, 3.63) is 27.7 Å². The van der Waals surface area contributed by atoms with Gasteiger partial charge in [-0.25, -0.2) is 0 Å². The summed E-state index contributed by atoms with van der Waals surface area (Å²) in [5.74, 6) is 0.218. The van der Waals surface area contributed by atoms with Crippen LogP contribution in [0.25, 0.3) is 0 Å². The number of amides is 1. The van der Waals surface area contributed by atoms with Crippen LogP contribution in [0.3, 0.4) is 0 Å². The molecule has 0 saturated carbocycles. The quantitative estimate of drug-likeness (QED) is 0.908. The molecule has 1 aromatic carbocycles. The number of benzene rings is 1. The van der Waals surface area contributed by atoms with Gasteiger partial charge in [0.2, 0.25) is 5.91 Å². The number of halogens is 1. The Morgan fingerprint density at radius 2 is 1.94 bits per heavy atom. The number of hydrogen-bond donors (Lipinski definition) is 1. The smallest absolute Gasteiger partial charge is 0.249 e. The van der Waals surface area contributed by atoms with E-state index in [2.05, 4.69) is 36.7 Å². The van der Waals surface area contributed by atoms with Crippen LogP contribution in [0.2, 0.25) is 0 Å². The Balaban J connectivity index is 3.44. The van der Waals surface area contributed by atoms with Crippen molar-refractivity contribution in [1.29, 1.82) is 0 Å². The van der Waals surface area contributed by atoms with Gasteiger partial charge in [-0.3, -0.25) is 4.79 Å². The molecule has 1 amide bonds. The second kappa shape index (κ2) is 4.45. The van der Waals surface area contributed by atoms with Crippen molar-refractivity contribution in [2.45, 2.75) is 26.2 Å². The number of ether oxygens (including phenoxy) is 1. The normalized spacial score (nSPS) is 11.3. The van der Waals surface area contributed by atoms with Gasteiger partial charge < -0.3 is 10.5 Å². The van der Waals surface area contributed by atoms with Gasteiger partial charge in [0.25, 0.3) is 0 Å². The van der Waals surface area contributed by atoms with Gasteiger partial charge in [-0.15, -0.1) is 0 Å². The summed E-state index contributed by atoms with van der Waals surface area (Å²) in [7, 11) is 1.59. The lowest BCUT2D eigenvalue weighted by Gasteiger charge is -2.23. The highest BCUT2D eigenvalue weighted by Gasteiger charge is 2.21. The third-order valence-electron chi connectivity index (χ3n) is 2.36. The summed E-state index contributed by atoms with van der Waals surface area (Å²) in [5.41, 5.74) is 6.69. The molecule has 88 valence electrons. The highest BCUT2D eigenvalue weighted by atomic mass is 79.9. The van der Waals surface area contributed by atoms with Crippen LogP contribution >= 0.6 is 15.9 Å². The van der Waals surface area contributed by atoms with E-state index in [1.54, 1.807) is 13.2 Å². The molecule has 0 heterocycles. The topological polar surface area (TPSA) is 52.3 Å². The number of hydrogen-bond acceptors (Lipinski definition) is 2. The van der Waals surface area contributed by atoms with Crippen molar-refractivity contribution < 1.29 is 9.53 Å². The zero-order valence-corrected chi connectivity index (χ0v) is 11.5. The second-order valence-electron chi connectivity index (χ2n) is 4.65. The van der Waals surface area contributed by atoms with E-state index in [1.165, 1.54) is 0 Å². The van der Waals surface area contributed by atoms with Gasteiger partial charge in [0.05, 0.1) is 12.7 Å². The summed E-state index contributed by atoms with van der Waals surface area (Å²) in [4.78, 5) is 11.2. The maximum Gasteiger partial charge on any atom is 0.249 e. The van der Waals surface area contributed by atoms with Crippen molar-refractivity contribution in [3.63, 3.8) is 0 Å². The van der Waals surface area contributed by atoms with Crippen molar-refractivity contribution in [3.8, 4) is 5.75 Å². The Morgan fingerprint density at radius 3 is 2.31 bits per heavy atom. The summed E-state index contributed by atoms with van der Waals surface area (Å²) >= 11 is 3.35. The van der Waals surface area contributed by atoms with Crippen molar-refractivity contribution in [2.24, 2.45) is 5.73 Å². The lowest BCUT2D eigenvalue weighted by molar-refractivity contribution is 0.0999. The zero-order chi connectivity index (χ0) is 12.5. The fourth-order valence-corrected chi connectivity index (χ4v) is 2.04. The predicted molar refractivity (Wildman–Crippen MR) is 67.9 cm³/mol. The van der Waals surface area contributed by atoms with Crippen LogP contribution in [-0.2, 0) is 5.41 Å². The van der Waals surface area contributed by atoms with E-state index in [4.69, 9.17) is 10.5 Å². The van der Waals surface area contributed by atoms with Crippen LogP contribution in [-0.4, -0.2) is 13.0 Å². The molecule has 0 aliphatic heterocycles. The second-order valence-corrected chi connectivity index (χ2v) is 5.50. The molecule has 3 nitrogen and oxygen atoms in total. The van der Waals surface area contributed by atoms with E-state index >= 15 is 0 Å². The molecule has 0 unspecified atom stereocenters. The maximum atomic E-state index is 11.2. The molecule has 0 atom stereocenters. The Labute approximate surface area is 104 Å². The van der Waals surface area contributed by atoms with Crippen molar-refractivity contribution in [1.82, 2.24) is 0 Å². The average Bonchev–Trinajstić information content (AvgIpc) is 2.15. The van der Waals surface area contributed by atoms with Crippen LogP contribution in [0, 0.1) is 0 Å². The SMILES string of the molecule is COc1cc(C(N)=O)c(Br)cc1C(C)(C)C. The first-order valence-corrected chi connectivity index (χ1v) is 5.74. The fourth-order valence-electron chi connectivity index (χ4n) is 1.50. The highest BCUT2D eigenvalue weighted by Crippen LogP contribution is 2.35. The van der Waals surface area contributed by atoms with Gasteiger partial charge in [-0.1, -0.05) is 20.8 Å². The Kier molecular flexibility index (Phi) is 3.63. The summed E-state index contributed by atoms with van der Waals surface area (Å²) in [6.07, 6.45) is 0. The van der Waals surface area contributed by atoms with Crippen LogP contribution in [0.4, 0.5) is 0 Å². The van der Waals surface area contributed by atoms with E-state index in [1.807, 2.05) is 6.07 Å². The van der Waals surface area contributed by atoms with Crippen molar-refractivity contribution >= 4 is 21.8 Å². The summed E-state index contributed by atoms with van der Waals surface area (Å²) in [5, 5.41) is 0. The molecule has 0 radical (unpaired) electrons. The Hall–Kier alpha value is -1.03. The van der Waals surface area contributed by atoms with Gasteiger partial charge in [0.15, 0.2) is 0 Å². The van der Waals surface area contributed by atoms with E-state index in [9.17, 15) is 4.79 Å². The minimum absolute atomic E-state index is 0.0515. The largest absolute Gasteiger partial charge is 0.496 e. The Morgan fingerprint density at radius 1 is 1.38 bits per heavy atom. The summed E-state index contributed by atoms with van der Waals surface area (Å²) < 4.78 is 5.99. The number of carbonyl (C=O) groups is 1. The number of rotatable bonds is 2. The molecular formula is C12H16BrNO2. The summed E-state index contributed by atoms with van der Waals surface area (Å²) in [6, 6.07) is 3.56. The van der Waals surface area contributed by atoms with Crippen LogP contribution in [0.5, 0.6) is 5.75 Å². The minimum Gasteiger partial charge on any atom is -0.496 e. The van der Waals surface area contributed by atoms with E-state index in [0.29, 0.717) is 15.8 Å². The highest BCUT2D eigenvalue weighted by molar-refractivity contribution is 9.10. The van der Waals surface area contributed by atoms with E-state index < -0.39 is 5.91 Å². The molecule has 2 N–H and O–H groups in total. The van der Waals surface area contributed by atoms with Gasteiger partial charge in [-0.05, 0) is 33.5 Å². The average molecular weight is 286 g/mol. The Bertz CT molecular complexity index is 422. The first-order chi connectivity index (χ1) is 7.27. The zero-order valence-electron chi connectivity index (χ0n) is 9.93. The predicted octanol–water partition coefficient (Wildman–Crippen LogP) is 2.85. The standard InChI is InChI=1S/C12H16BrNO2/c1-12(2,3)8-6-9(13)7(11(14)15)5-10(8)16-4/h5-6H,1-4H3,(H2,14,15). The third kappa shape index (κ3) is 2.55. The van der Waals surface area contributed by atoms with Crippen LogP contribution in [0.15, 0.2) is 16.6 Å². The number of methoxy groups -OCH3 is 1. The molecule has 0 aliphatic rings. The first kappa shape index (κ1) is 13.0. The molecule has 0 aromatic heterocycles. The molecule has 0 aliphatic carbocycles. The number of nitrogens with two attached hydrogens (primary N) is 1. The molecule has 1 aromatic rings. The molecule has 16 heavy (non-hydrogen) atoms. The monoisotopic (exact) mass is 285 g/mol. The van der Waals surface area contributed by atoms with Crippen molar-refractivity contribution in [2.75, 3.05) is 7.11 Å². The molecule has 1 rings (SSSR count). The third-order valence-corrected chi connectivity index (χ3v) is 3.02. The van der Waals surface area contributed by atoms with Gasteiger partial charge in [0.1, 0.15) is 5.75 Å². The lowest BCUT2D eigenvalue weighted by Crippen LogP contribution is -2.16. The van der Waals surface area contributed by atoms with E-state index in [-0.39, 0.29) is 5.41 Å². The molecule has 0 spiro atoms. The number of carbonyl (C=O) groups excluding carboxylic acids is 1. The molecule has 0 fully saturated rings. The summed E-state index contributed by atoms with van der Waals surface area (Å²) in [6.45, 7) is 6.25. The molecule has 4 heteroatoms. The molecule has 0 saturated heterocycles. The number of primary amides is 1. The lowest BCUT2D eigenvalue weighted by atomic mass is 9.85. The molecular weight excluding hydrogens is 270 g/mol. The fraction of sp³-hybridized carbons (Fsp3) is 0.417. The van der Waals surface area contributed by atoms with Crippen LogP contribution < -0.4 is 10.5 Å². The first-order valence-electron chi connectivity index (χ1n) is 4.95. The van der Waals surface area contributed by atoms with Gasteiger partial charge >= 0.3 is 0 Å². The minimum atomic E-state index is -0.467. The van der Waals surface area contributed by atoms with Gasteiger partial charge in [0, 0.05) is 10.0 Å². The van der Waals surface area contributed by atoms with E-state index in [0.717, 1.165) is 5.56 Å². The van der Waals surface area contributed by atoms with Crippen LogP contribution in [0.1, 0.15) is 36.7 Å². The van der Waals surface area contributed by atoms with Gasteiger partial charge in [-0.2, -0.15) is 0 Å². The maximum absolute atomic E-state index is 11.2. The molecule has 0 bridgehead atoms.